The highest BCUT2D eigenvalue weighted by Gasteiger charge is 2.34. The van der Waals surface area contributed by atoms with E-state index in [9.17, 15) is 0 Å². The highest BCUT2D eigenvalue weighted by Crippen LogP contribution is 2.46. The lowest BCUT2D eigenvalue weighted by molar-refractivity contribution is 0.269. The van der Waals surface area contributed by atoms with Crippen LogP contribution in [0.3, 0.4) is 0 Å². The van der Waals surface area contributed by atoms with Gasteiger partial charge in [0.05, 0.1) is 22.1 Å². The Morgan fingerprint density at radius 1 is 0.483 bits per heavy atom. The topological polar surface area (TPSA) is 83.8 Å². The van der Waals surface area contributed by atoms with Crippen molar-refractivity contribution in [1.82, 2.24) is 29.1 Å². The molecule has 0 saturated carbocycles. The van der Waals surface area contributed by atoms with Crippen LogP contribution in [0.15, 0.2) is 175 Å². The first-order valence-corrected chi connectivity index (χ1v) is 19.4. The Bertz CT molecular complexity index is 3480. The van der Waals surface area contributed by atoms with Crippen molar-refractivity contribution >= 4 is 71.2 Å². The molecule has 7 aromatic heterocycles. The van der Waals surface area contributed by atoms with Gasteiger partial charge in [-0.25, -0.2) is 0 Å². The number of allylic oxidation sites excluding steroid dienone is 2. The van der Waals surface area contributed by atoms with Gasteiger partial charge in [-0.15, -0.1) is 0 Å². The maximum Gasteiger partial charge on any atom is 0.135 e. The van der Waals surface area contributed by atoms with Gasteiger partial charge in [0.15, 0.2) is 0 Å². The van der Waals surface area contributed by atoms with Gasteiger partial charge in [0.25, 0.3) is 0 Å². The first kappa shape index (κ1) is 31.4. The highest BCUT2D eigenvalue weighted by atomic mass is 16.5. The molecule has 2 atom stereocenters. The largest absolute Gasteiger partial charge is 0.485 e. The molecule has 4 aromatic carbocycles. The van der Waals surface area contributed by atoms with Gasteiger partial charge in [0.1, 0.15) is 23.0 Å². The first-order chi connectivity index (χ1) is 28.7. The standard InChI is InChI=1S/C50H30N6O2/c1-2-29(31-4-8-47-35(21-31)37-23-33(6-10-49(37)57-47)55-43-12-16-51-25-39(43)40-26-52-17-13-44(40)55)20-30(3-1)32-5-9-48-36(22-32)38-24-34(7-11-50(38)58-48)56-45-14-18-53-27-41(45)42-28-54-19-15-46(42)56/h1-28,37,49H. The summed E-state index contributed by atoms with van der Waals surface area (Å²) < 4.78 is 17.5. The van der Waals surface area contributed by atoms with Crippen LogP contribution >= 0.6 is 0 Å². The zero-order valence-corrected chi connectivity index (χ0v) is 30.8. The Kier molecular flexibility index (Phi) is 6.40. The van der Waals surface area contributed by atoms with Crippen LogP contribution in [0.5, 0.6) is 5.75 Å². The number of hydrogen-bond acceptors (Lipinski definition) is 6. The maximum atomic E-state index is 6.50. The SMILES string of the molecule is C1=CC2Oc3ccc(-c4cccc(-c5ccc6oc7ccc(-n8c9ccncc9c9cnccc98)cc7c6c5)c4)cc3C2C=C1n1c2ccncc2c2cnccc21. The van der Waals surface area contributed by atoms with Crippen LogP contribution < -0.4 is 4.74 Å². The number of hydrogen-bond donors (Lipinski definition) is 0. The van der Waals surface area contributed by atoms with Crippen LogP contribution in [0.25, 0.3) is 99.2 Å². The normalized spacial score (nSPS) is 16.1. The van der Waals surface area contributed by atoms with Crippen LogP contribution in [-0.4, -0.2) is 35.2 Å². The number of furan rings is 1. The Labute approximate surface area is 330 Å². The number of pyridine rings is 4. The van der Waals surface area contributed by atoms with Crippen molar-refractivity contribution < 1.29 is 9.15 Å². The van der Waals surface area contributed by atoms with Gasteiger partial charge in [-0.1, -0.05) is 30.3 Å². The molecule has 0 saturated heterocycles. The molecule has 1 aliphatic carbocycles. The quantitative estimate of drug-likeness (QED) is 0.178. The number of ether oxygens (including phenoxy) is 1. The van der Waals surface area contributed by atoms with E-state index in [2.05, 4.69) is 150 Å². The summed E-state index contributed by atoms with van der Waals surface area (Å²) in [5, 5.41) is 6.48. The van der Waals surface area contributed by atoms with Crippen LogP contribution in [0, 0.1) is 0 Å². The summed E-state index contributed by atoms with van der Waals surface area (Å²) in [5.74, 6) is 1.01. The van der Waals surface area contributed by atoms with Gasteiger partial charge < -0.3 is 18.3 Å². The molecular formula is C50H30N6O2. The van der Waals surface area contributed by atoms with E-state index in [0.29, 0.717) is 0 Å². The van der Waals surface area contributed by atoms with Crippen molar-refractivity contribution in [2.24, 2.45) is 0 Å². The molecule has 58 heavy (non-hydrogen) atoms. The van der Waals surface area contributed by atoms with E-state index in [0.717, 1.165) is 105 Å². The highest BCUT2D eigenvalue weighted by molar-refractivity contribution is 6.11. The minimum Gasteiger partial charge on any atom is -0.485 e. The molecule has 8 nitrogen and oxygen atoms in total. The third-order valence-corrected chi connectivity index (χ3v) is 12.0. The number of aromatic nitrogens is 6. The van der Waals surface area contributed by atoms with Crippen molar-refractivity contribution in [2.75, 3.05) is 0 Å². The first-order valence-electron chi connectivity index (χ1n) is 19.4. The van der Waals surface area contributed by atoms with E-state index in [1.165, 1.54) is 5.56 Å². The number of nitrogens with zero attached hydrogens (tertiary/aromatic N) is 6. The third-order valence-electron chi connectivity index (χ3n) is 12.0. The second-order valence-electron chi connectivity index (χ2n) is 15.1. The Hall–Kier alpha value is -7.84. The van der Waals surface area contributed by atoms with E-state index < -0.39 is 0 Å². The van der Waals surface area contributed by atoms with Crippen molar-refractivity contribution in [3.63, 3.8) is 0 Å². The summed E-state index contributed by atoms with van der Waals surface area (Å²) in [6, 6.07) is 36.6. The van der Waals surface area contributed by atoms with Crippen molar-refractivity contribution in [3.05, 3.63) is 176 Å². The molecule has 2 aliphatic rings. The molecule has 0 N–H and O–H groups in total. The molecule has 0 spiro atoms. The van der Waals surface area contributed by atoms with Gasteiger partial charge >= 0.3 is 0 Å². The molecule has 8 heteroatoms. The fourth-order valence-electron chi connectivity index (χ4n) is 9.36. The van der Waals surface area contributed by atoms with Gasteiger partial charge in [-0.05, 0) is 113 Å². The Morgan fingerprint density at radius 2 is 1.03 bits per heavy atom. The van der Waals surface area contributed by atoms with Gasteiger partial charge in [0.2, 0.25) is 0 Å². The van der Waals surface area contributed by atoms with Crippen molar-refractivity contribution in [1.29, 1.82) is 0 Å². The predicted octanol–water partition coefficient (Wildman–Crippen LogP) is 11.7. The Balaban J connectivity index is 0.875. The summed E-state index contributed by atoms with van der Waals surface area (Å²) in [7, 11) is 0. The van der Waals surface area contributed by atoms with Crippen LogP contribution in [0.4, 0.5) is 0 Å². The molecule has 0 fully saturated rings. The summed E-state index contributed by atoms with van der Waals surface area (Å²) in [5.41, 5.74) is 14.0. The minimum atomic E-state index is -0.0576. The average molecular weight is 747 g/mol. The fraction of sp³-hybridized carbons (Fsp3) is 0.0400. The molecule has 8 heterocycles. The van der Waals surface area contributed by atoms with Crippen molar-refractivity contribution in [3.8, 4) is 33.7 Å². The lowest BCUT2D eigenvalue weighted by Crippen LogP contribution is -2.18. The average Bonchev–Trinajstić information content (AvgIpc) is 4.03. The maximum absolute atomic E-state index is 6.50. The van der Waals surface area contributed by atoms with Gasteiger partial charge in [-0.3, -0.25) is 19.9 Å². The summed E-state index contributed by atoms with van der Waals surface area (Å²) >= 11 is 0. The number of rotatable bonds is 4. The molecule has 0 radical (unpaired) electrons. The predicted molar refractivity (Wildman–Crippen MR) is 230 cm³/mol. The molecule has 0 bridgehead atoms. The molecule has 0 amide bonds. The zero-order chi connectivity index (χ0) is 37.9. The number of benzene rings is 4. The lowest BCUT2D eigenvalue weighted by Gasteiger charge is -2.20. The minimum absolute atomic E-state index is 0.0576. The van der Waals surface area contributed by atoms with Crippen LogP contribution in [0.1, 0.15) is 11.5 Å². The monoisotopic (exact) mass is 746 g/mol. The molecule has 2 unspecified atom stereocenters. The molecule has 1 aliphatic heterocycles. The smallest absolute Gasteiger partial charge is 0.135 e. The van der Waals surface area contributed by atoms with E-state index >= 15 is 0 Å². The fourth-order valence-corrected chi connectivity index (χ4v) is 9.36. The molecule has 11 aromatic rings. The lowest BCUT2D eigenvalue weighted by atomic mass is 9.88. The van der Waals surface area contributed by atoms with E-state index in [4.69, 9.17) is 9.15 Å². The molecule has 272 valence electrons. The van der Waals surface area contributed by atoms with Crippen molar-refractivity contribution in [2.45, 2.75) is 12.0 Å². The Morgan fingerprint density at radius 3 is 1.69 bits per heavy atom. The summed E-state index contributed by atoms with van der Waals surface area (Å²) in [4.78, 5) is 17.6. The summed E-state index contributed by atoms with van der Waals surface area (Å²) in [6.45, 7) is 0. The number of fused-ring (bicyclic) bond motifs is 12. The second kappa shape index (κ2) is 11.8. The zero-order valence-electron chi connectivity index (χ0n) is 30.8. The molecular weight excluding hydrogens is 717 g/mol. The molecule has 13 rings (SSSR count). The van der Waals surface area contributed by atoms with E-state index in [1.54, 1.807) is 0 Å². The van der Waals surface area contributed by atoms with Crippen LogP contribution in [0.2, 0.25) is 0 Å². The van der Waals surface area contributed by atoms with E-state index in [-0.39, 0.29) is 12.0 Å². The second-order valence-corrected chi connectivity index (χ2v) is 15.1. The van der Waals surface area contributed by atoms with Gasteiger partial charge in [0, 0.05) is 105 Å². The third kappa shape index (κ3) is 4.51. The van der Waals surface area contributed by atoms with Gasteiger partial charge in [-0.2, -0.15) is 0 Å². The van der Waals surface area contributed by atoms with E-state index in [1.807, 2.05) is 49.6 Å². The van der Waals surface area contributed by atoms with Crippen LogP contribution in [-0.2, 0) is 0 Å². The summed E-state index contributed by atoms with van der Waals surface area (Å²) in [6.07, 6.45) is 21.7.